The molecule has 1 fully saturated rings. The number of rotatable bonds is 19. The zero-order valence-electron chi connectivity index (χ0n) is 29.4. The highest BCUT2D eigenvalue weighted by Gasteiger charge is 2.42. The van der Waals surface area contributed by atoms with Gasteiger partial charge in [0.2, 0.25) is 5.91 Å². The van der Waals surface area contributed by atoms with E-state index in [4.69, 9.17) is 13.9 Å². The van der Waals surface area contributed by atoms with Gasteiger partial charge in [0, 0.05) is 30.5 Å². The summed E-state index contributed by atoms with van der Waals surface area (Å²) in [6.45, 7) is 13.4. The summed E-state index contributed by atoms with van der Waals surface area (Å²) in [5, 5.41) is 0.0754. The summed E-state index contributed by atoms with van der Waals surface area (Å²) in [6, 6.07) is 14.1. The molecule has 0 unspecified atom stereocenters. The van der Waals surface area contributed by atoms with Gasteiger partial charge in [0.25, 0.3) is 0 Å². The third-order valence-electron chi connectivity index (χ3n) is 9.31. The largest absolute Gasteiger partial charge is 0.466 e. The van der Waals surface area contributed by atoms with Gasteiger partial charge in [-0.05, 0) is 49.9 Å². The van der Waals surface area contributed by atoms with E-state index in [1.807, 2.05) is 12.1 Å². The van der Waals surface area contributed by atoms with Crippen LogP contribution in [0, 0.1) is 0 Å². The smallest absolute Gasteiger partial charge is 0.305 e. The van der Waals surface area contributed by atoms with E-state index in [0.29, 0.717) is 44.6 Å². The zero-order chi connectivity index (χ0) is 35.4. The second kappa shape index (κ2) is 18.0. The summed E-state index contributed by atoms with van der Waals surface area (Å²) in [5.74, 6) is -4.05. The molecule has 7 nitrogen and oxygen atoms in total. The molecule has 0 aliphatic carbocycles. The average Bonchev–Trinajstić information content (AvgIpc) is 3.40. The Morgan fingerprint density at radius 1 is 1.00 bits per heavy atom. The Labute approximate surface area is 286 Å². The van der Waals surface area contributed by atoms with Crippen LogP contribution in [0.5, 0.6) is 0 Å². The monoisotopic (exact) mass is 685 g/mol. The molecule has 1 aliphatic rings. The van der Waals surface area contributed by atoms with Crippen molar-refractivity contribution >= 4 is 26.0 Å². The Hall–Kier alpha value is -3.21. The van der Waals surface area contributed by atoms with Crippen LogP contribution in [-0.2, 0) is 36.0 Å². The first-order chi connectivity index (χ1) is 22.7. The van der Waals surface area contributed by atoms with Crippen molar-refractivity contribution in [3.63, 3.8) is 0 Å². The van der Waals surface area contributed by atoms with E-state index >= 15 is 8.78 Å². The van der Waals surface area contributed by atoms with Gasteiger partial charge in [0.15, 0.2) is 14.1 Å². The van der Waals surface area contributed by atoms with Crippen LogP contribution in [0.25, 0.3) is 0 Å². The van der Waals surface area contributed by atoms with Crippen molar-refractivity contribution in [1.29, 1.82) is 0 Å². The molecule has 0 saturated carbocycles. The number of halogens is 2. The van der Waals surface area contributed by atoms with Crippen molar-refractivity contribution in [3.8, 4) is 0 Å². The summed E-state index contributed by atoms with van der Waals surface area (Å²) in [5.41, 5.74) is 1.08. The molecule has 2 aromatic carbocycles. The minimum Gasteiger partial charge on any atom is -0.466 e. The lowest BCUT2D eigenvalue weighted by atomic mass is 10.0. The molecule has 0 N–H and O–H groups in total. The average molecular weight is 686 g/mol. The number of unbranched alkanes of at least 4 members (excludes halogenated alkanes) is 3. The fourth-order valence-corrected chi connectivity index (χ4v) is 6.20. The van der Waals surface area contributed by atoms with Gasteiger partial charge >= 0.3 is 11.9 Å². The molecular weight excluding hydrogens is 633 g/mol. The fraction of sp³-hybridized carbons (Fsp3) is 0.553. The van der Waals surface area contributed by atoms with Crippen LogP contribution in [-0.4, -0.2) is 62.8 Å². The highest BCUT2D eigenvalue weighted by Crippen LogP contribution is 2.37. The summed E-state index contributed by atoms with van der Waals surface area (Å²) in [7, 11) is -1.94. The van der Waals surface area contributed by atoms with E-state index in [9.17, 15) is 14.4 Å². The molecular formula is C38H53F2NO6Si. The number of carbonyl (C=O) groups excluding carboxylic acids is 3. The number of carbonyl (C=O) groups is 3. The topological polar surface area (TPSA) is 82.1 Å². The molecule has 2 atom stereocenters. The number of ketones is 1. The maximum atomic E-state index is 15.9. The van der Waals surface area contributed by atoms with E-state index in [2.05, 4.69) is 33.9 Å². The number of amides is 1. The molecule has 1 heterocycles. The van der Waals surface area contributed by atoms with Crippen molar-refractivity contribution < 1.29 is 37.1 Å². The Kier molecular flexibility index (Phi) is 14.7. The predicted octanol–water partition coefficient (Wildman–Crippen LogP) is 8.63. The Morgan fingerprint density at radius 3 is 2.31 bits per heavy atom. The molecule has 0 bridgehead atoms. The van der Waals surface area contributed by atoms with Crippen LogP contribution in [0.4, 0.5) is 8.78 Å². The Balaban J connectivity index is 1.64. The first kappa shape index (κ1) is 39.2. The van der Waals surface area contributed by atoms with Crippen molar-refractivity contribution in [2.75, 3.05) is 19.8 Å². The first-order valence-corrected chi connectivity index (χ1v) is 20.0. The van der Waals surface area contributed by atoms with Crippen molar-refractivity contribution in [2.45, 2.75) is 115 Å². The minimum atomic E-state index is -3.42. The van der Waals surface area contributed by atoms with Crippen LogP contribution in [0.1, 0.15) is 94.1 Å². The minimum absolute atomic E-state index is 0.0169. The van der Waals surface area contributed by atoms with Gasteiger partial charge in [-0.3, -0.25) is 14.4 Å². The second-order valence-electron chi connectivity index (χ2n) is 13.9. The van der Waals surface area contributed by atoms with E-state index < -0.39 is 32.7 Å². The second-order valence-corrected chi connectivity index (χ2v) is 18.7. The molecule has 0 radical (unpaired) electrons. The van der Waals surface area contributed by atoms with E-state index in [1.54, 1.807) is 36.1 Å². The van der Waals surface area contributed by atoms with E-state index in [0.717, 1.165) is 31.2 Å². The van der Waals surface area contributed by atoms with Gasteiger partial charge < -0.3 is 18.8 Å². The van der Waals surface area contributed by atoms with Crippen molar-refractivity contribution in [1.82, 2.24) is 4.90 Å². The molecule has 3 rings (SSSR count). The molecule has 1 saturated heterocycles. The van der Waals surface area contributed by atoms with Gasteiger partial charge in [-0.25, -0.2) is 0 Å². The van der Waals surface area contributed by atoms with Crippen LogP contribution in [0.15, 0.2) is 66.7 Å². The van der Waals surface area contributed by atoms with Crippen molar-refractivity contribution in [3.05, 3.63) is 83.4 Å². The van der Waals surface area contributed by atoms with Crippen LogP contribution in [0.2, 0.25) is 18.1 Å². The molecule has 0 aromatic heterocycles. The number of esters is 1. The first-order valence-electron chi connectivity index (χ1n) is 17.1. The highest BCUT2D eigenvalue weighted by atomic mass is 28.4. The van der Waals surface area contributed by atoms with Gasteiger partial charge in [0.05, 0.1) is 19.3 Å². The van der Waals surface area contributed by atoms with Crippen LogP contribution >= 0.6 is 0 Å². The van der Waals surface area contributed by atoms with Crippen molar-refractivity contribution in [2.24, 2.45) is 0 Å². The number of Topliss-reactive ketones (excluding diaryl/α,β-unsaturated/α-hetero) is 1. The Morgan fingerprint density at radius 2 is 1.67 bits per heavy atom. The highest BCUT2D eigenvalue weighted by molar-refractivity contribution is 6.74. The quantitative estimate of drug-likeness (QED) is 0.0484. The standard InChI is InChI=1S/C38H53F2NO6Si/c1-7-45-36(44)17-13-8-9-14-26-41-32(23-25-35(41)43)22-24-34(38(39,40)31-15-11-10-12-16-31)46-28-33(42)30-20-18-29(19-21-30)27-47-48(5,6)37(2,3)4/h10-12,15-16,18-22,24,32,34H,7-9,13-14,17,23,25-28H2,1-6H3/b24-22+/t32-,34+/m0/s1. The maximum Gasteiger partial charge on any atom is 0.305 e. The molecule has 0 spiro atoms. The summed E-state index contributed by atoms with van der Waals surface area (Å²) in [6.07, 6.45) is 5.58. The molecule has 48 heavy (non-hydrogen) atoms. The van der Waals surface area contributed by atoms with Gasteiger partial charge in [-0.2, -0.15) is 8.78 Å². The predicted molar refractivity (Wildman–Crippen MR) is 186 cm³/mol. The third kappa shape index (κ3) is 11.4. The lowest BCUT2D eigenvalue weighted by molar-refractivity contribution is -0.143. The van der Waals surface area contributed by atoms with Crippen LogP contribution < -0.4 is 0 Å². The van der Waals surface area contributed by atoms with Gasteiger partial charge in [-0.15, -0.1) is 0 Å². The summed E-state index contributed by atoms with van der Waals surface area (Å²) in [4.78, 5) is 39.0. The third-order valence-corrected chi connectivity index (χ3v) is 13.8. The number of benzene rings is 2. The zero-order valence-corrected chi connectivity index (χ0v) is 30.4. The van der Waals surface area contributed by atoms with Crippen LogP contribution in [0.3, 0.4) is 0 Å². The van der Waals surface area contributed by atoms with Gasteiger partial charge in [0.1, 0.15) is 12.7 Å². The Bertz CT molecular complexity index is 1360. The number of ether oxygens (including phenoxy) is 2. The number of nitrogens with zero attached hydrogens (tertiary/aromatic N) is 1. The summed E-state index contributed by atoms with van der Waals surface area (Å²) >= 11 is 0. The molecule has 1 aliphatic heterocycles. The fourth-order valence-electron chi connectivity index (χ4n) is 5.24. The summed E-state index contributed by atoms with van der Waals surface area (Å²) < 4.78 is 48.6. The molecule has 1 amide bonds. The number of alkyl halides is 2. The van der Waals surface area contributed by atoms with E-state index in [-0.39, 0.29) is 28.5 Å². The van der Waals surface area contributed by atoms with Gasteiger partial charge in [-0.1, -0.05) is 100 Å². The molecule has 2 aromatic rings. The number of likely N-dealkylation sites (tertiary alicyclic amines) is 1. The lowest BCUT2D eigenvalue weighted by Gasteiger charge is -2.36. The molecule has 10 heteroatoms. The lowest BCUT2D eigenvalue weighted by Crippen LogP contribution is -2.40. The van der Waals surface area contributed by atoms with E-state index in [1.165, 1.54) is 30.3 Å². The number of hydrogen-bond acceptors (Lipinski definition) is 6. The SMILES string of the molecule is CCOC(=O)CCCCCCN1C(=O)CC[C@@H]1/C=C/[C@@H](OCC(=O)c1ccc(CO[Si](C)(C)C(C)(C)C)cc1)C(F)(F)c1ccccc1. The number of hydrogen-bond donors (Lipinski definition) is 0. The maximum absolute atomic E-state index is 15.9. The normalized spacial score (nSPS) is 16.5. The molecule has 264 valence electrons.